The summed E-state index contributed by atoms with van der Waals surface area (Å²) in [5.41, 5.74) is 2.42. The van der Waals surface area contributed by atoms with E-state index in [4.69, 9.17) is 4.74 Å². The minimum atomic E-state index is 0.338. The molecule has 1 unspecified atom stereocenters. The van der Waals surface area contributed by atoms with Crippen LogP contribution in [0.25, 0.3) is 5.52 Å². The quantitative estimate of drug-likeness (QED) is 0.776. The molecule has 92 valence electrons. The lowest BCUT2D eigenvalue weighted by Gasteiger charge is -2.14. The van der Waals surface area contributed by atoms with Crippen molar-refractivity contribution < 1.29 is 4.74 Å². The number of pyridine rings is 1. The summed E-state index contributed by atoms with van der Waals surface area (Å²) in [7, 11) is 3.73. The maximum Gasteiger partial charge on any atom is 0.0709 e. The van der Waals surface area contributed by atoms with Crippen molar-refractivity contribution in [2.45, 2.75) is 18.9 Å². The largest absolute Gasteiger partial charge is 0.385 e. The van der Waals surface area contributed by atoms with Crippen LogP contribution in [0.1, 0.15) is 24.4 Å². The molecule has 2 aromatic heterocycles. The number of hydrogen-bond donors (Lipinski definition) is 1. The van der Waals surface area contributed by atoms with Gasteiger partial charge in [-0.25, -0.2) is 4.52 Å². The number of fused-ring (bicyclic) bond motifs is 1. The first kappa shape index (κ1) is 12.1. The zero-order chi connectivity index (χ0) is 12.1. The second kappa shape index (κ2) is 5.80. The molecule has 1 N–H and O–H groups in total. The van der Waals surface area contributed by atoms with E-state index in [2.05, 4.69) is 16.5 Å². The fraction of sp³-hybridized carbons (Fsp3) is 0.462. The third kappa shape index (κ3) is 2.65. The van der Waals surface area contributed by atoms with Gasteiger partial charge < -0.3 is 10.1 Å². The third-order valence-electron chi connectivity index (χ3n) is 3.02. The number of aromatic nitrogens is 2. The van der Waals surface area contributed by atoms with Gasteiger partial charge in [0.05, 0.1) is 11.7 Å². The lowest BCUT2D eigenvalue weighted by Crippen LogP contribution is -2.16. The van der Waals surface area contributed by atoms with Gasteiger partial charge in [0.2, 0.25) is 0 Å². The Morgan fingerprint density at radius 3 is 3.12 bits per heavy atom. The third-order valence-corrected chi connectivity index (χ3v) is 3.02. The van der Waals surface area contributed by atoms with Crippen LogP contribution in [0.15, 0.2) is 30.6 Å². The number of hydrogen-bond acceptors (Lipinski definition) is 3. The highest BCUT2D eigenvalue weighted by Gasteiger charge is 2.13. The molecule has 4 nitrogen and oxygen atoms in total. The first-order valence-electron chi connectivity index (χ1n) is 5.95. The standard InChI is InChI=1S/C13H19N3O/c1-14-12(6-5-9-17-2)11-10-15-16-8-4-3-7-13(11)16/h3-4,7-8,10,12,14H,5-6,9H2,1-2H3. The van der Waals surface area contributed by atoms with Gasteiger partial charge in [-0.15, -0.1) is 0 Å². The van der Waals surface area contributed by atoms with Gasteiger partial charge in [0.15, 0.2) is 0 Å². The zero-order valence-electron chi connectivity index (χ0n) is 10.4. The lowest BCUT2D eigenvalue weighted by molar-refractivity contribution is 0.189. The Labute approximate surface area is 102 Å². The van der Waals surface area contributed by atoms with Crippen LogP contribution in [0.5, 0.6) is 0 Å². The molecule has 17 heavy (non-hydrogen) atoms. The van der Waals surface area contributed by atoms with Gasteiger partial charge in [-0.05, 0) is 32.0 Å². The number of ether oxygens (including phenoxy) is 1. The molecule has 0 saturated heterocycles. The highest BCUT2D eigenvalue weighted by Crippen LogP contribution is 2.22. The van der Waals surface area contributed by atoms with Crippen LogP contribution in [0, 0.1) is 0 Å². The summed E-state index contributed by atoms with van der Waals surface area (Å²) < 4.78 is 7.01. The van der Waals surface area contributed by atoms with E-state index >= 15 is 0 Å². The Hall–Kier alpha value is -1.39. The zero-order valence-corrected chi connectivity index (χ0v) is 10.4. The van der Waals surface area contributed by atoms with E-state index in [9.17, 15) is 0 Å². The topological polar surface area (TPSA) is 38.6 Å². The first-order valence-corrected chi connectivity index (χ1v) is 5.95. The molecular weight excluding hydrogens is 214 g/mol. The number of rotatable bonds is 6. The van der Waals surface area contributed by atoms with Crippen LogP contribution >= 0.6 is 0 Å². The van der Waals surface area contributed by atoms with Crippen LogP contribution in [-0.4, -0.2) is 30.4 Å². The molecule has 0 aliphatic carbocycles. The van der Waals surface area contributed by atoms with Crippen LogP contribution in [-0.2, 0) is 4.74 Å². The molecule has 4 heteroatoms. The Bertz CT molecular complexity index is 466. The summed E-state index contributed by atoms with van der Waals surface area (Å²) in [6, 6.07) is 6.47. The summed E-state index contributed by atoms with van der Waals surface area (Å²) in [5.74, 6) is 0. The molecule has 2 aromatic rings. The number of nitrogens with zero attached hydrogens (tertiary/aromatic N) is 2. The smallest absolute Gasteiger partial charge is 0.0709 e. The van der Waals surface area contributed by atoms with Gasteiger partial charge in [-0.2, -0.15) is 5.10 Å². The van der Waals surface area contributed by atoms with Crippen LogP contribution < -0.4 is 5.32 Å². The molecule has 2 rings (SSSR count). The average Bonchev–Trinajstić information content (AvgIpc) is 2.79. The summed E-state index contributed by atoms with van der Waals surface area (Å²) in [6.07, 6.45) is 6.02. The Morgan fingerprint density at radius 2 is 2.35 bits per heavy atom. The second-order valence-corrected chi connectivity index (χ2v) is 4.11. The minimum absolute atomic E-state index is 0.338. The van der Waals surface area contributed by atoms with E-state index in [-0.39, 0.29) is 0 Å². The lowest BCUT2D eigenvalue weighted by atomic mass is 10.0. The molecule has 1 atom stereocenters. The SMILES string of the molecule is CNC(CCCOC)c1cnn2ccccc12. The normalized spacial score (nSPS) is 13.1. The monoisotopic (exact) mass is 233 g/mol. The molecule has 0 radical (unpaired) electrons. The molecule has 2 heterocycles. The van der Waals surface area contributed by atoms with Crippen molar-refractivity contribution in [3.63, 3.8) is 0 Å². The van der Waals surface area contributed by atoms with E-state index in [1.54, 1.807) is 7.11 Å². The Kier molecular flexibility index (Phi) is 4.12. The maximum absolute atomic E-state index is 5.09. The van der Waals surface area contributed by atoms with E-state index < -0.39 is 0 Å². The molecule has 0 aliphatic heterocycles. The molecule has 0 amide bonds. The summed E-state index contributed by atoms with van der Waals surface area (Å²) in [4.78, 5) is 0. The van der Waals surface area contributed by atoms with E-state index in [1.165, 1.54) is 11.1 Å². The van der Waals surface area contributed by atoms with E-state index in [1.807, 2.05) is 36.1 Å². The molecule has 0 fully saturated rings. The predicted octanol–water partition coefficient (Wildman–Crippen LogP) is 2.02. The van der Waals surface area contributed by atoms with Gasteiger partial charge in [0.25, 0.3) is 0 Å². The van der Waals surface area contributed by atoms with Gasteiger partial charge in [0.1, 0.15) is 0 Å². The van der Waals surface area contributed by atoms with Crippen molar-refractivity contribution >= 4 is 5.52 Å². The number of nitrogens with one attached hydrogen (secondary N) is 1. The molecule has 0 saturated carbocycles. The Balaban J connectivity index is 2.18. The average molecular weight is 233 g/mol. The van der Waals surface area contributed by atoms with Gasteiger partial charge >= 0.3 is 0 Å². The summed E-state index contributed by atoms with van der Waals surface area (Å²) in [5, 5.41) is 7.71. The maximum atomic E-state index is 5.09. The fourth-order valence-electron chi connectivity index (χ4n) is 2.11. The van der Waals surface area contributed by atoms with Gasteiger partial charge in [0, 0.05) is 31.5 Å². The van der Waals surface area contributed by atoms with Crippen molar-refractivity contribution in [1.82, 2.24) is 14.9 Å². The molecule has 0 aromatic carbocycles. The summed E-state index contributed by atoms with van der Waals surface area (Å²) in [6.45, 7) is 0.803. The number of methoxy groups -OCH3 is 1. The highest BCUT2D eigenvalue weighted by molar-refractivity contribution is 5.54. The van der Waals surface area contributed by atoms with Crippen molar-refractivity contribution in [2.24, 2.45) is 0 Å². The second-order valence-electron chi connectivity index (χ2n) is 4.11. The van der Waals surface area contributed by atoms with Gasteiger partial charge in [-0.1, -0.05) is 6.07 Å². The molecular formula is C13H19N3O. The molecule has 0 bridgehead atoms. The van der Waals surface area contributed by atoms with Crippen molar-refractivity contribution in [3.05, 3.63) is 36.2 Å². The van der Waals surface area contributed by atoms with Crippen molar-refractivity contribution in [3.8, 4) is 0 Å². The molecule has 0 spiro atoms. The minimum Gasteiger partial charge on any atom is -0.385 e. The first-order chi connectivity index (χ1) is 8.36. The van der Waals surface area contributed by atoms with Crippen molar-refractivity contribution in [1.29, 1.82) is 0 Å². The van der Waals surface area contributed by atoms with Gasteiger partial charge in [-0.3, -0.25) is 0 Å². The Morgan fingerprint density at radius 1 is 1.47 bits per heavy atom. The molecule has 0 aliphatic rings. The van der Waals surface area contributed by atoms with E-state index in [0.29, 0.717) is 6.04 Å². The predicted molar refractivity (Wildman–Crippen MR) is 68.1 cm³/mol. The van der Waals surface area contributed by atoms with Crippen molar-refractivity contribution in [2.75, 3.05) is 20.8 Å². The van der Waals surface area contributed by atoms with Crippen LogP contribution in [0.3, 0.4) is 0 Å². The summed E-state index contributed by atoms with van der Waals surface area (Å²) >= 11 is 0. The highest BCUT2D eigenvalue weighted by atomic mass is 16.5. The fourth-order valence-corrected chi connectivity index (χ4v) is 2.11. The van der Waals surface area contributed by atoms with Crippen LogP contribution in [0.2, 0.25) is 0 Å². The van der Waals surface area contributed by atoms with Crippen LogP contribution in [0.4, 0.5) is 0 Å². The van der Waals surface area contributed by atoms with E-state index in [0.717, 1.165) is 19.4 Å².